The molecule has 1 amide bonds. The van der Waals surface area contributed by atoms with Gasteiger partial charge in [0.25, 0.3) is 0 Å². The highest BCUT2D eigenvalue weighted by Crippen LogP contribution is 2.20. The minimum atomic E-state index is -0.277. The summed E-state index contributed by atoms with van der Waals surface area (Å²) >= 11 is 7.22. The van der Waals surface area contributed by atoms with Crippen LogP contribution in [-0.4, -0.2) is 22.6 Å². The van der Waals surface area contributed by atoms with E-state index in [2.05, 4.69) is 15.5 Å². The van der Waals surface area contributed by atoms with E-state index >= 15 is 0 Å². The largest absolute Gasteiger partial charge is 0.322 e. The van der Waals surface area contributed by atoms with Crippen molar-refractivity contribution in [1.82, 2.24) is 10.2 Å². The summed E-state index contributed by atoms with van der Waals surface area (Å²) in [6.45, 7) is -0.0663. The van der Waals surface area contributed by atoms with Crippen molar-refractivity contribution in [1.29, 1.82) is 0 Å². The maximum absolute atomic E-state index is 11.1. The monoisotopic (exact) mass is 282 g/mol. The first-order valence-electron chi connectivity index (χ1n) is 5.24. The highest BCUT2D eigenvalue weighted by Gasteiger charge is 2.07. The average Bonchev–Trinajstić information content (AvgIpc) is 2.76. The van der Waals surface area contributed by atoms with Crippen LogP contribution in [0, 0.1) is 0 Å². The lowest BCUT2D eigenvalue weighted by Crippen LogP contribution is -2.21. The number of halogens is 1. The lowest BCUT2D eigenvalue weighted by molar-refractivity contribution is -0.114. The Morgan fingerprint density at radius 1 is 1.44 bits per heavy atom. The van der Waals surface area contributed by atoms with Crippen molar-refractivity contribution in [2.75, 3.05) is 11.9 Å². The van der Waals surface area contributed by atoms with Crippen LogP contribution in [0.3, 0.4) is 0 Å². The van der Waals surface area contributed by atoms with Crippen molar-refractivity contribution in [3.63, 3.8) is 0 Å². The molecule has 0 bridgehead atoms. The summed E-state index contributed by atoms with van der Waals surface area (Å²) in [6, 6.07) is 7.54. The van der Waals surface area contributed by atoms with Gasteiger partial charge in [-0.15, -0.1) is 10.2 Å². The van der Waals surface area contributed by atoms with E-state index in [0.717, 1.165) is 10.6 Å². The van der Waals surface area contributed by atoms with Gasteiger partial charge in [0.2, 0.25) is 11.0 Å². The van der Waals surface area contributed by atoms with E-state index in [4.69, 9.17) is 17.3 Å². The number of amides is 1. The number of carbonyl (C=O) groups is 1. The second-order valence-corrected chi connectivity index (χ2v) is 5.06. The van der Waals surface area contributed by atoms with Crippen molar-refractivity contribution in [2.24, 2.45) is 5.73 Å². The zero-order valence-electron chi connectivity index (χ0n) is 9.39. The third-order valence-electron chi connectivity index (χ3n) is 2.14. The van der Waals surface area contributed by atoms with Gasteiger partial charge in [0, 0.05) is 11.4 Å². The van der Waals surface area contributed by atoms with Crippen molar-refractivity contribution in [3.8, 4) is 0 Å². The number of anilines is 1. The van der Waals surface area contributed by atoms with E-state index in [0.29, 0.717) is 16.6 Å². The number of nitrogens with two attached hydrogens (primary N) is 1. The molecule has 0 spiro atoms. The van der Waals surface area contributed by atoms with Crippen LogP contribution in [0.4, 0.5) is 5.13 Å². The molecule has 0 aliphatic rings. The number of hydrogen-bond donors (Lipinski definition) is 2. The normalized spacial score (nSPS) is 10.3. The number of rotatable bonds is 4. The summed E-state index contributed by atoms with van der Waals surface area (Å²) in [4.78, 5) is 11.1. The molecule has 7 heteroatoms. The van der Waals surface area contributed by atoms with Gasteiger partial charge in [0.05, 0.1) is 6.54 Å². The Balaban J connectivity index is 2.04. The fourth-order valence-electron chi connectivity index (χ4n) is 1.37. The summed E-state index contributed by atoms with van der Waals surface area (Å²) in [5.41, 5.74) is 6.25. The van der Waals surface area contributed by atoms with Gasteiger partial charge in [-0.05, 0) is 17.7 Å². The Morgan fingerprint density at radius 3 is 3.00 bits per heavy atom. The van der Waals surface area contributed by atoms with Gasteiger partial charge < -0.3 is 5.73 Å². The molecule has 0 aliphatic carbocycles. The molecule has 2 aromatic rings. The first-order valence-corrected chi connectivity index (χ1v) is 6.43. The van der Waals surface area contributed by atoms with Crippen molar-refractivity contribution >= 4 is 34.0 Å². The Labute approximate surface area is 113 Å². The van der Waals surface area contributed by atoms with E-state index in [1.807, 2.05) is 24.3 Å². The second kappa shape index (κ2) is 5.90. The van der Waals surface area contributed by atoms with Crippen LogP contribution in [-0.2, 0) is 11.2 Å². The molecule has 0 saturated carbocycles. The molecule has 94 valence electrons. The van der Waals surface area contributed by atoms with E-state index in [-0.39, 0.29) is 12.5 Å². The van der Waals surface area contributed by atoms with Crippen LogP contribution in [0.15, 0.2) is 24.3 Å². The fraction of sp³-hybridized carbons (Fsp3) is 0.182. The van der Waals surface area contributed by atoms with Gasteiger partial charge in [-0.1, -0.05) is 35.1 Å². The topological polar surface area (TPSA) is 80.9 Å². The Bertz CT molecular complexity index is 557. The highest BCUT2D eigenvalue weighted by molar-refractivity contribution is 7.15. The zero-order valence-corrected chi connectivity index (χ0v) is 11.0. The first-order chi connectivity index (χ1) is 8.67. The number of aromatic nitrogens is 2. The average molecular weight is 283 g/mol. The number of carbonyl (C=O) groups excluding carboxylic acids is 1. The Hall–Kier alpha value is -1.50. The molecule has 0 saturated heterocycles. The van der Waals surface area contributed by atoms with Gasteiger partial charge >= 0.3 is 0 Å². The van der Waals surface area contributed by atoms with Crippen LogP contribution in [0.1, 0.15) is 10.6 Å². The van der Waals surface area contributed by atoms with Crippen molar-refractivity contribution in [3.05, 3.63) is 39.9 Å². The molecule has 0 radical (unpaired) electrons. The van der Waals surface area contributed by atoms with Gasteiger partial charge in [0.15, 0.2) is 0 Å². The van der Waals surface area contributed by atoms with Crippen LogP contribution >= 0.6 is 22.9 Å². The fourth-order valence-corrected chi connectivity index (χ4v) is 2.37. The molecular formula is C11H11ClN4OS. The quantitative estimate of drug-likeness (QED) is 0.894. The van der Waals surface area contributed by atoms with Gasteiger partial charge in [-0.2, -0.15) is 0 Å². The maximum atomic E-state index is 11.1. The van der Waals surface area contributed by atoms with Crippen LogP contribution in [0.25, 0.3) is 0 Å². The molecular weight excluding hydrogens is 272 g/mol. The Kier molecular flexibility index (Phi) is 4.24. The molecule has 3 N–H and O–H groups in total. The predicted octanol–water partition coefficient (Wildman–Crippen LogP) is 1.68. The van der Waals surface area contributed by atoms with E-state index in [9.17, 15) is 4.79 Å². The third kappa shape index (κ3) is 3.49. The summed E-state index contributed by atoms with van der Waals surface area (Å²) < 4.78 is 0. The predicted molar refractivity (Wildman–Crippen MR) is 71.9 cm³/mol. The SMILES string of the molecule is NCC(=O)Nc1nnc(Cc2cccc(Cl)c2)s1. The minimum Gasteiger partial charge on any atom is -0.322 e. The molecule has 5 nitrogen and oxygen atoms in total. The molecule has 1 heterocycles. The third-order valence-corrected chi connectivity index (χ3v) is 3.22. The standard InChI is InChI=1S/C11H11ClN4OS/c12-8-3-1-2-7(4-8)5-10-15-16-11(18-10)14-9(17)6-13/h1-4H,5-6,13H2,(H,14,16,17). The number of hydrogen-bond acceptors (Lipinski definition) is 5. The molecule has 2 rings (SSSR count). The summed E-state index contributed by atoms with van der Waals surface area (Å²) in [6.07, 6.45) is 0.636. The maximum Gasteiger partial charge on any atom is 0.239 e. The lowest BCUT2D eigenvalue weighted by atomic mass is 10.2. The van der Waals surface area contributed by atoms with Gasteiger partial charge in [-0.25, -0.2) is 0 Å². The summed E-state index contributed by atoms with van der Waals surface area (Å²) in [5.74, 6) is -0.277. The molecule has 0 atom stereocenters. The Morgan fingerprint density at radius 2 is 2.28 bits per heavy atom. The lowest BCUT2D eigenvalue weighted by Gasteiger charge is -1.97. The molecule has 18 heavy (non-hydrogen) atoms. The van der Waals surface area contributed by atoms with Crippen LogP contribution in [0.5, 0.6) is 0 Å². The van der Waals surface area contributed by atoms with Crippen molar-refractivity contribution < 1.29 is 4.79 Å². The summed E-state index contributed by atoms with van der Waals surface area (Å²) in [7, 11) is 0. The molecule has 0 unspecified atom stereocenters. The van der Waals surface area contributed by atoms with Crippen LogP contribution < -0.4 is 11.1 Å². The number of nitrogens with one attached hydrogen (secondary N) is 1. The highest BCUT2D eigenvalue weighted by atomic mass is 35.5. The number of nitrogens with zero attached hydrogens (tertiary/aromatic N) is 2. The van der Waals surface area contributed by atoms with Crippen molar-refractivity contribution in [2.45, 2.75) is 6.42 Å². The van der Waals surface area contributed by atoms with Crippen LogP contribution in [0.2, 0.25) is 5.02 Å². The molecule has 0 aliphatic heterocycles. The summed E-state index contributed by atoms with van der Waals surface area (Å²) in [5, 5.41) is 12.4. The second-order valence-electron chi connectivity index (χ2n) is 3.56. The molecule has 0 fully saturated rings. The minimum absolute atomic E-state index is 0.0663. The van der Waals surface area contributed by atoms with Gasteiger partial charge in [-0.3, -0.25) is 10.1 Å². The molecule has 1 aromatic carbocycles. The van der Waals surface area contributed by atoms with E-state index in [1.54, 1.807) is 0 Å². The number of benzene rings is 1. The first kappa shape index (κ1) is 12.9. The van der Waals surface area contributed by atoms with E-state index < -0.39 is 0 Å². The van der Waals surface area contributed by atoms with E-state index in [1.165, 1.54) is 11.3 Å². The molecule has 1 aromatic heterocycles. The zero-order chi connectivity index (χ0) is 13.0. The smallest absolute Gasteiger partial charge is 0.239 e. The van der Waals surface area contributed by atoms with Gasteiger partial charge in [0.1, 0.15) is 5.01 Å².